The van der Waals surface area contributed by atoms with Gasteiger partial charge in [-0.3, -0.25) is 10.1 Å². The summed E-state index contributed by atoms with van der Waals surface area (Å²) in [6.45, 7) is 1.76. The van der Waals surface area contributed by atoms with Gasteiger partial charge in [-0.25, -0.2) is 14.2 Å². The van der Waals surface area contributed by atoms with Crippen LogP contribution in [-0.2, 0) is 0 Å². The second kappa shape index (κ2) is 5.16. The van der Waals surface area contributed by atoms with Crippen molar-refractivity contribution in [2.24, 2.45) is 0 Å². The van der Waals surface area contributed by atoms with Crippen LogP contribution >= 0.6 is 0 Å². The number of aromatic nitrogens is 5. The SMILES string of the molecule is Cc1c(C(=O)Nc2ncn[nH]2)cnn1-c1ccc(F)cc1. The molecule has 7 nitrogen and oxygen atoms in total. The van der Waals surface area contributed by atoms with E-state index in [0.717, 1.165) is 0 Å². The summed E-state index contributed by atoms with van der Waals surface area (Å²) in [7, 11) is 0. The number of nitrogens with one attached hydrogen (secondary N) is 2. The molecule has 0 aliphatic heterocycles. The van der Waals surface area contributed by atoms with Crippen molar-refractivity contribution in [2.75, 3.05) is 5.32 Å². The minimum Gasteiger partial charge on any atom is -0.291 e. The fourth-order valence-electron chi connectivity index (χ4n) is 1.92. The van der Waals surface area contributed by atoms with Crippen LogP contribution < -0.4 is 5.32 Å². The van der Waals surface area contributed by atoms with E-state index in [4.69, 9.17) is 0 Å². The number of carbonyl (C=O) groups excluding carboxylic acids is 1. The summed E-state index contributed by atoms with van der Waals surface area (Å²) in [5.41, 5.74) is 1.71. The summed E-state index contributed by atoms with van der Waals surface area (Å²) in [6.07, 6.45) is 2.74. The smallest absolute Gasteiger partial charge is 0.261 e. The lowest BCUT2D eigenvalue weighted by Gasteiger charge is -2.05. The second-order valence-corrected chi connectivity index (χ2v) is 4.32. The molecule has 0 saturated carbocycles. The molecule has 2 N–H and O–H groups in total. The molecule has 0 bridgehead atoms. The maximum absolute atomic E-state index is 12.9. The highest BCUT2D eigenvalue weighted by molar-refractivity contribution is 6.04. The lowest BCUT2D eigenvalue weighted by Crippen LogP contribution is -2.14. The topological polar surface area (TPSA) is 88.5 Å². The Morgan fingerprint density at radius 2 is 2.10 bits per heavy atom. The maximum atomic E-state index is 12.9. The molecule has 0 atom stereocenters. The van der Waals surface area contributed by atoms with Crippen LogP contribution in [0.1, 0.15) is 16.1 Å². The van der Waals surface area contributed by atoms with Gasteiger partial charge in [-0.1, -0.05) is 0 Å². The molecule has 0 radical (unpaired) electrons. The predicted octanol–water partition coefficient (Wildman–Crippen LogP) is 1.69. The number of hydrogen-bond donors (Lipinski definition) is 2. The molecular weight excluding hydrogens is 275 g/mol. The molecule has 1 amide bonds. The van der Waals surface area contributed by atoms with Crippen molar-refractivity contribution in [3.05, 3.63) is 53.9 Å². The van der Waals surface area contributed by atoms with Crippen molar-refractivity contribution in [1.29, 1.82) is 0 Å². The number of hydrogen-bond acceptors (Lipinski definition) is 4. The molecule has 3 rings (SSSR count). The molecule has 21 heavy (non-hydrogen) atoms. The number of amides is 1. The largest absolute Gasteiger partial charge is 0.291 e. The summed E-state index contributed by atoms with van der Waals surface area (Å²) < 4.78 is 14.5. The van der Waals surface area contributed by atoms with Gasteiger partial charge in [-0.05, 0) is 31.2 Å². The first-order valence-corrected chi connectivity index (χ1v) is 6.12. The standard InChI is InChI=1S/C13H11FN6O/c1-8-11(12(21)18-13-15-7-16-19-13)6-17-20(8)10-4-2-9(14)3-5-10/h2-7H,1H3,(H2,15,16,18,19,21). The third-order valence-corrected chi connectivity index (χ3v) is 2.97. The van der Waals surface area contributed by atoms with Crippen molar-refractivity contribution in [3.63, 3.8) is 0 Å². The Morgan fingerprint density at radius 1 is 1.33 bits per heavy atom. The molecule has 3 aromatic rings. The summed E-state index contributed by atoms with van der Waals surface area (Å²) in [5.74, 6) is -0.418. The van der Waals surface area contributed by atoms with Gasteiger partial charge in [0.15, 0.2) is 0 Å². The first-order chi connectivity index (χ1) is 10.1. The number of carbonyl (C=O) groups is 1. The van der Waals surface area contributed by atoms with Crippen LogP contribution in [0.5, 0.6) is 0 Å². The van der Waals surface area contributed by atoms with E-state index in [1.165, 1.54) is 24.7 Å². The number of benzene rings is 1. The number of nitrogens with zero attached hydrogens (tertiary/aromatic N) is 4. The van der Waals surface area contributed by atoms with E-state index in [2.05, 4.69) is 25.6 Å². The molecule has 2 aromatic heterocycles. The third kappa shape index (κ3) is 2.50. The molecular formula is C13H11FN6O. The summed E-state index contributed by atoms with van der Waals surface area (Å²) >= 11 is 0. The Labute approximate surface area is 118 Å². The summed E-state index contributed by atoms with van der Waals surface area (Å²) in [6, 6.07) is 5.86. The van der Waals surface area contributed by atoms with E-state index in [0.29, 0.717) is 16.9 Å². The lowest BCUT2D eigenvalue weighted by atomic mass is 10.2. The van der Waals surface area contributed by atoms with E-state index in [1.807, 2.05) is 0 Å². The van der Waals surface area contributed by atoms with Gasteiger partial charge in [0.25, 0.3) is 5.91 Å². The van der Waals surface area contributed by atoms with Crippen molar-refractivity contribution < 1.29 is 9.18 Å². The monoisotopic (exact) mass is 286 g/mol. The van der Waals surface area contributed by atoms with Crippen LogP contribution in [0.3, 0.4) is 0 Å². The van der Waals surface area contributed by atoms with Crippen LogP contribution in [0.25, 0.3) is 5.69 Å². The van der Waals surface area contributed by atoms with E-state index >= 15 is 0 Å². The molecule has 0 aliphatic carbocycles. The Hall–Kier alpha value is -3.03. The molecule has 0 unspecified atom stereocenters. The van der Waals surface area contributed by atoms with Gasteiger partial charge < -0.3 is 0 Å². The van der Waals surface area contributed by atoms with Crippen LogP contribution in [0.4, 0.5) is 10.3 Å². The zero-order chi connectivity index (χ0) is 14.8. The molecule has 0 fully saturated rings. The van der Waals surface area contributed by atoms with Gasteiger partial charge in [0.1, 0.15) is 12.1 Å². The fourth-order valence-corrected chi connectivity index (χ4v) is 1.92. The first kappa shape index (κ1) is 13.0. The van der Waals surface area contributed by atoms with Crippen molar-refractivity contribution >= 4 is 11.9 Å². The Bertz CT molecular complexity index is 763. The summed E-state index contributed by atoms with van der Waals surface area (Å²) in [4.78, 5) is 15.9. The van der Waals surface area contributed by atoms with Gasteiger partial charge in [-0.2, -0.15) is 15.2 Å². The number of rotatable bonds is 3. The highest BCUT2D eigenvalue weighted by atomic mass is 19.1. The number of H-pyrrole nitrogens is 1. The zero-order valence-electron chi connectivity index (χ0n) is 11.0. The number of anilines is 1. The number of halogens is 1. The van der Waals surface area contributed by atoms with Crippen molar-refractivity contribution in [3.8, 4) is 5.69 Å². The second-order valence-electron chi connectivity index (χ2n) is 4.32. The van der Waals surface area contributed by atoms with Crippen LogP contribution in [-0.4, -0.2) is 30.9 Å². The fraction of sp³-hybridized carbons (Fsp3) is 0.0769. The molecule has 0 spiro atoms. The molecule has 2 heterocycles. The Morgan fingerprint density at radius 3 is 2.76 bits per heavy atom. The zero-order valence-corrected chi connectivity index (χ0v) is 11.0. The number of aromatic amines is 1. The maximum Gasteiger partial charge on any atom is 0.261 e. The molecule has 106 valence electrons. The van der Waals surface area contributed by atoms with Crippen LogP contribution in [0, 0.1) is 12.7 Å². The van der Waals surface area contributed by atoms with E-state index in [9.17, 15) is 9.18 Å². The highest BCUT2D eigenvalue weighted by Gasteiger charge is 2.16. The molecule has 1 aromatic carbocycles. The average Bonchev–Trinajstić information content (AvgIpc) is 3.09. The summed E-state index contributed by atoms with van der Waals surface area (Å²) in [5, 5.41) is 12.9. The Balaban J connectivity index is 1.88. The van der Waals surface area contributed by atoms with Crippen LogP contribution in [0.15, 0.2) is 36.8 Å². The van der Waals surface area contributed by atoms with E-state index in [-0.39, 0.29) is 17.7 Å². The molecule has 0 saturated heterocycles. The predicted molar refractivity (Wildman–Crippen MR) is 72.6 cm³/mol. The van der Waals surface area contributed by atoms with Gasteiger partial charge in [0, 0.05) is 0 Å². The minimum absolute atomic E-state index is 0.258. The molecule has 8 heteroatoms. The quantitative estimate of drug-likeness (QED) is 0.767. The lowest BCUT2D eigenvalue weighted by molar-refractivity contribution is 0.102. The Kier molecular flexibility index (Phi) is 3.19. The van der Waals surface area contributed by atoms with Gasteiger partial charge in [0.2, 0.25) is 5.95 Å². The normalized spacial score (nSPS) is 10.6. The molecule has 0 aliphatic rings. The van der Waals surface area contributed by atoms with E-state index in [1.54, 1.807) is 23.7 Å². The van der Waals surface area contributed by atoms with Crippen molar-refractivity contribution in [1.82, 2.24) is 25.0 Å². The average molecular weight is 286 g/mol. The van der Waals surface area contributed by atoms with Crippen molar-refractivity contribution in [2.45, 2.75) is 6.92 Å². The van der Waals surface area contributed by atoms with E-state index < -0.39 is 0 Å². The van der Waals surface area contributed by atoms with Crippen LogP contribution in [0.2, 0.25) is 0 Å². The third-order valence-electron chi connectivity index (χ3n) is 2.97. The highest BCUT2D eigenvalue weighted by Crippen LogP contribution is 2.15. The van der Waals surface area contributed by atoms with Gasteiger partial charge >= 0.3 is 0 Å². The van der Waals surface area contributed by atoms with Gasteiger partial charge in [-0.15, -0.1) is 0 Å². The first-order valence-electron chi connectivity index (χ1n) is 6.12. The minimum atomic E-state index is -0.349. The van der Waals surface area contributed by atoms with Gasteiger partial charge in [0.05, 0.1) is 23.1 Å².